The first kappa shape index (κ1) is 16.9. The fourth-order valence-electron chi connectivity index (χ4n) is 4.22. The summed E-state index contributed by atoms with van der Waals surface area (Å²) < 4.78 is 10.8. The number of methoxy groups -OCH3 is 1. The first-order valence-corrected chi connectivity index (χ1v) is 9.37. The second-order valence-electron chi connectivity index (χ2n) is 7.21. The quantitative estimate of drug-likeness (QED) is 0.817. The Labute approximate surface area is 139 Å². The topological polar surface area (TPSA) is 51.4 Å². The van der Waals surface area contributed by atoms with Crippen molar-refractivity contribution in [2.24, 2.45) is 5.92 Å². The zero-order valence-electron chi connectivity index (χ0n) is 14.7. The summed E-state index contributed by atoms with van der Waals surface area (Å²) in [5.74, 6) is 2.26. The summed E-state index contributed by atoms with van der Waals surface area (Å²) in [7, 11) is 1.68. The fourth-order valence-corrected chi connectivity index (χ4v) is 4.22. The van der Waals surface area contributed by atoms with Gasteiger partial charge in [-0.3, -0.25) is 4.90 Å². The molecule has 1 aromatic heterocycles. The van der Waals surface area contributed by atoms with Crippen LogP contribution in [0.15, 0.2) is 4.52 Å². The Morgan fingerprint density at radius 3 is 2.65 bits per heavy atom. The molecule has 1 saturated heterocycles. The van der Waals surface area contributed by atoms with Gasteiger partial charge >= 0.3 is 0 Å². The van der Waals surface area contributed by atoms with Crippen molar-refractivity contribution < 1.29 is 9.26 Å². The Hall–Kier alpha value is -0.940. The highest BCUT2D eigenvalue weighted by molar-refractivity contribution is 4.92. The molecule has 2 heterocycles. The summed E-state index contributed by atoms with van der Waals surface area (Å²) in [6.45, 7) is 3.91. The molecule has 1 aromatic rings. The smallest absolute Gasteiger partial charge is 0.240 e. The highest BCUT2D eigenvalue weighted by Crippen LogP contribution is 2.33. The molecule has 0 spiro atoms. The van der Waals surface area contributed by atoms with E-state index < -0.39 is 0 Å². The minimum Gasteiger partial charge on any atom is -0.374 e. The molecule has 2 aliphatic rings. The van der Waals surface area contributed by atoms with Crippen LogP contribution >= 0.6 is 0 Å². The van der Waals surface area contributed by atoms with Crippen LogP contribution in [0.25, 0.3) is 0 Å². The zero-order valence-corrected chi connectivity index (χ0v) is 14.7. The average Bonchev–Trinajstić information content (AvgIpc) is 2.93. The van der Waals surface area contributed by atoms with Gasteiger partial charge in [0.2, 0.25) is 5.89 Å². The number of nitrogens with zero attached hydrogens (tertiary/aromatic N) is 3. The average molecular weight is 321 g/mol. The molecule has 0 amide bonds. The largest absolute Gasteiger partial charge is 0.374 e. The number of hydrogen-bond donors (Lipinski definition) is 0. The Kier molecular flexibility index (Phi) is 6.06. The van der Waals surface area contributed by atoms with Crippen LogP contribution in [0.4, 0.5) is 0 Å². The van der Waals surface area contributed by atoms with Gasteiger partial charge in [-0.25, -0.2) is 0 Å². The Balaban J connectivity index is 1.68. The minimum absolute atomic E-state index is 0.106. The van der Waals surface area contributed by atoms with E-state index in [2.05, 4.69) is 15.0 Å². The SMILES string of the molecule is CO[C@@H](C)c1noc(CN2CCCCC[C@@H]2C2CCCCC2)n1. The summed E-state index contributed by atoms with van der Waals surface area (Å²) in [6, 6.07) is 0.702. The summed E-state index contributed by atoms with van der Waals surface area (Å²) in [6.07, 6.45) is 12.3. The van der Waals surface area contributed by atoms with Crippen molar-refractivity contribution in [3.63, 3.8) is 0 Å². The summed E-state index contributed by atoms with van der Waals surface area (Å²) in [4.78, 5) is 7.16. The van der Waals surface area contributed by atoms with E-state index in [-0.39, 0.29) is 6.10 Å². The van der Waals surface area contributed by atoms with E-state index in [1.165, 1.54) is 64.3 Å². The number of likely N-dealkylation sites (tertiary alicyclic amines) is 1. The first-order chi connectivity index (χ1) is 11.3. The lowest BCUT2D eigenvalue weighted by Crippen LogP contribution is -2.40. The van der Waals surface area contributed by atoms with Crippen molar-refractivity contribution in [3.05, 3.63) is 11.7 Å². The third kappa shape index (κ3) is 4.32. The molecule has 5 nitrogen and oxygen atoms in total. The normalized spacial score (nSPS) is 26.1. The van der Waals surface area contributed by atoms with Crippen LogP contribution in [0, 0.1) is 5.92 Å². The second kappa shape index (κ2) is 8.25. The van der Waals surface area contributed by atoms with Crippen LogP contribution in [0.3, 0.4) is 0 Å². The van der Waals surface area contributed by atoms with Crippen LogP contribution in [0.2, 0.25) is 0 Å². The molecule has 2 fully saturated rings. The van der Waals surface area contributed by atoms with Crippen LogP contribution in [-0.4, -0.2) is 34.7 Å². The van der Waals surface area contributed by atoms with Gasteiger partial charge in [0, 0.05) is 13.2 Å². The van der Waals surface area contributed by atoms with Crippen LogP contribution in [0.5, 0.6) is 0 Å². The van der Waals surface area contributed by atoms with Crippen molar-refractivity contribution in [3.8, 4) is 0 Å². The lowest BCUT2D eigenvalue weighted by molar-refractivity contribution is 0.0995. The number of rotatable bonds is 5. The van der Waals surface area contributed by atoms with Gasteiger partial charge in [-0.1, -0.05) is 37.3 Å². The van der Waals surface area contributed by atoms with Gasteiger partial charge in [0.25, 0.3) is 0 Å². The second-order valence-corrected chi connectivity index (χ2v) is 7.21. The predicted octanol–water partition coefficient (Wildman–Crippen LogP) is 4.10. The third-order valence-corrected chi connectivity index (χ3v) is 5.65. The van der Waals surface area contributed by atoms with E-state index >= 15 is 0 Å². The molecule has 0 bridgehead atoms. The molecule has 2 atom stereocenters. The van der Waals surface area contributed by atoms with Crippen LogP contribution in [0.1, 0.15) is 82.5 Å². The van der Waals surface area contributed by atoms with Crippen molar-refractivity contribution in [2.45, 2.75) is 83.4 Å². The van der Waals surface area contributed by atoms with Crippen molar-refractivity contribution in [2.75, 3.05) is 13.7 Å². The molecule has 3 rings (SSSR count). The molecule has 130 valence electrons. The van der Waals surface area contributed by atoms with E-state index in [9.17, 15) is 0 Å². The highest BCUT2D eigenvalue weighted by Gasteiger charge is 2.30. The Bertz CT molecular complexity index is 471. The fraction of sp³-hybridized carbons (Fsp3) is 0.889. The molecule has 23 heavy (non-hydrogen) atoms. The highest BCUT2D eigenvalue weighted by atomic mass is 16.5. The van der Waals surface area contributed by atoms with Crippen molar-refractivity contribution in [1.29, 1.82) is 0 Å². The predicted molar refractivity (Wildman–Crippen MR) is 89.0 cm³/mol. The zero-order chi connectivity index (χ0) is 16.1. The van der Waals surface area contributed by atoms with Gasteiger partial charge in [0.05, 0.1) is 6.54 Å². The Morgan fingerprint density at radius 1 is 1.13 bits per heavy atom. The molecule has 1 aliphatic heterocycles. The van der Waals surface area contributed by atoms with Gasteiger partial charge < -0.3 is 9.26 Å². The van der Waals surface area contributed by atoms with Crippen LogP contribution < -0.4 is 0 Å². The van der Waals surface area contributed by atoms with Gasteiger partial charge in [0.1, 0.15) is 6.10 Å². The maximum Gasteiger partial charge on any atom is 0.240 e. The molecule has 0 N–H and O–H groups in total. The van der Waals surface area contributed by atoms with Gasteiger partial charge in [-0.2, -0.15) is 4.98 Å². The lowest BCUT2D eigenvalue weighted by atomic mass is 9.81. The molecule has 0 radical (unpaired) electrons. The molecule has 1 saturated carbocycles. The monoisotopic (exact) mass is 321 g/mol. The summed E-state index contributed by atoms with van der Waals surface area (Å²) >= 11 is 0. The maximum atomic E-state index is 5.48. The standard InChI is InChI=1S/C18H31N3O2/c1-14(22-2)18-19-17(23-20-18)13-21-12-8-4-7-11-16(21)15-9-5-3-6-10-15/h14-16H,3-13H2,1-2H3/t14-,16+/m0/s1. The number of hydrogen-bond acceptors (Lipinski definition) is 5. The molecule has 1 aliphatic carbocycles. The van der Waals surface area contributed by atoms with Crippen molar-refractivity contribution >= 4 is 0 Å². The first-order valence-electron chi connectivity index (χ1n) is 9.37. The van der Waals surface area contributed by atoms with E-state index in [4.69, 9.17) is 9.26 Å². The van der Waals surface area contributed by atoms with Crippen molar-refractivity contribution in [1.82, 2.24) is 15.0 Å². The number of aromatic nitrogens is 2. The van der Waals surface area contributed by atoms with Crippen LogP contribution in [-0.2, 0) is 11.3 Å². The van der Waals surface area contributed by atoms with E-state index in [0.717, 1.165) is 18.4 Å². The molecule has 0 unspecified atom stereocenters. The van der Waals surface area contributed by atoms with E-state index in [1.807, 2.05) is 6.92 Å². The van der Waals surface area contributed by atoms with E-state index in [1.54, 1.807) is 7.11 Å². The molecule has 0 aromatic carbocycles. The third-order valence-electron chi connectivity index (χ3n) is 5.65. The molecular weight excluding hydrogens is 290 g/mol. The Morgan fingerprint density at radius 2 is 1.87 bits per heavy atom. The summed E-state index contributed by atoms with van der Waals surface area (Å²) in [5.41, 5.74) is 0. The maximum absolute atomic E-state index is 5.48. The van der Waals surface area contributed by atoms with Gasteiger partial charge in [-0.05, 0) is 45.1 Å². The molecule has 5 heteroatoms. The molecular formula is C18H31N3O2. The lowest BCUT2D eigenvalue weighted by Gasteiger charge is -2.37. The van der Waals surface area contributed by atoms with E-state index in [0.29, 0.717) is 11.9 Å². The minimum atomic E-state index is -0.106. The van der Waals surface area contributed by atoms with Gasteiger partial charge in [0.15, 0.2) is 5.82 Å². The summed E-state index contributed by atoms with van der Waals surface area (Å²) in [5, 5.41) is 4.08. The van der Waals surface area contributed by atoms with Gasteiger partial charge in [-0.15, -0.1) is 0 Å². The number of ether oxygens (including phenoxy) is 1.